The number of hydroxylamine groups is 2. The molecule has 0 amide bonds. The van der Waals surface area contributed by atoms with E-state index in [0.29, 0.717) is 30.5 Å². The fourth-order valence-electron chi connectivity index (χ4n) is 2.73. The van der Waals surface area contributed by atoms with Gasteiger partial charge in [-0.1, -0.05) is 38.1 Å². The first-order valence-corrected chi connectivity index (χ1v) is 9.05. The second kappa shape index (κ2) is 7.99. The summed E-state index contributed by atoms with van der Waals surface area (Å²) in [5, 5.41) is 10.5. The van der Waals surface area contributed by atoms with Crippen molar-refractivity contribution in [3.05, 3.63) is 53.8 Å². The van der Waals surface area contributed by atoms with E-state index >= 15 is 0 Å². The molecule has 1 aliphatic rings. The van der Waals surface area contributed by atoms with E-state index < -0.39 is 47.1 Å². The van der Waals surface area contributed by atoms with Gasteiger partial charge in [-0.15, -0.1) is 0 Å². The molecule has 0 radical (unpaired) electrons. The predicted molar refractivity (Wildman–Crippen MR) is 96.0 cm³/mol. The monoisotopic (exact) mass is 459 g/mol. The van der Waals surface area contributed by atoms with Crippen LogP contribution in [-0.4, -0.2) is 34.7 Å². The minimum absolute atomic E-state index is 0.0776. The van der Waals surface area contributed by atoms with Crippen LogP contribution in [0.5, 0.6) is 5.75 Å². The molecule has 11 heteroatoms. The van der Waals surface area contributed by atoms with Crippen molar-refractivity contribution in [1.29, 1.82) is 0 Å². The molecule has 1 aromatic rings. The molecule has 1 atom stereocenters. The number of hydrogen-bond acceptors (Lipinski definition) is 3. The van der Waals surface area contributed by atoms with Crippen LogP contribution in [0.1, 0.15) is 32.8 Å². The van der Waals surface area contributed by atoms with E-state index in [-0.39, 0.29) is 5.70 Å². The van der Waals surface area contributed by atoms with Gasteiger partial charge in [-0.2, -0.15) is 35.1 Å². The van der Waals surface area contributed by atoms with E-state index in [2.05, 4.69) is 0 Å². The van der Waals surface area contributed by atoms with Gasteiger partial charge >= 0.3 is 18.3 Å². The lowest BCUT2D eigenvalue weighted by Crippen LogP contribution is -2.52. The summed E-state index contributed by atoms with van der Waals surface area (Å²) < 4.78 is 105. The summed E-state index contributed by atoms with van der Waals surface area (Å²) in [5.41, 5.74) is -5.13. The van der Waals surface area contributed by atoms with Crippen molar-refractivity contribution >= 4 is 0 Å². The number of nitrogens with zero attached hydrogens (tertiary/aromatic N) is 1. The Kier molecular flexibility index (Phi) is 6.44. The fourth-order valence-corrected chi connectivity index (χ4v) is 2.73. The van der Waals surface area contributed by atoms with Gasteiger partial charge in [0.25, 0.3) is 0 Å². The van der Waals surface area contributed by atoms with Crippen LogP contribution in [0.15, 0.2) is 48.2 Å². The summed E-state index contributed by atoms with van der Waals surface area (Å²) in [6.07, 6.45) is -5.78. The molecule has 174 valence electrons. The van der Waals surface area contributed by atoms with Crippen molar-refractivity contribution < 1.29 is 45.1 Å². The second-order valence-electron chi connectivity index (χ2n) is 8.16. The Morgan fingerprint density at radius 3 is 2.16 bits per heavy atom. The summed E-state index contributed by atoms with van der Waals surface area (Å²) >= 11 is 0. The first-order chi connectivity index (χ1) is 13.9. The highest BCUT2D eigenvalue weighted by atomic mass is 19.4. The number of halogens is 8. The van der Waals surface area contributed by atoms with E-state index in [4.69, 9.17) is 4.84 Å². The molecular formula is C20H21F8NO2. The van der Waals surface area contributed by atoms with Gasteiger partial charge in [0, 0.05) is 5.56 Å². The highest BCUT2D eigenvalue weighted by Gasteiger charge is 2.58. The van der Waals surface area contributed by atoms with Gasteiger partial charge in [0.15, 0.2) is 11.4 Å². The molecular weight excluding hydrogens is 438 g/mol. The smallest absolute Gasteiger partial charge is 0.379 e. The van der Waals surface area contributed by atoms with Crippen molar-refractivity contribution in [2.24, 2.45) is 5.41 Å². The molecule has 2 rings (SSSR count). The molecule has 1 aromatic carbocycles. The molecule has 1 aliphatic carbocycles. The van der Waals surface area contributed by atoms with Crippen LogP contribution in [0.2, 0.25) is 0 Å². The molecule has 0 bridgehead atoms. The fraction of sp³-hybridized carbons (Fsp3) is 0.500. The molecule has 0 saturated carbocycles. The Morgan fingerprint density at radius 2 is 1.65 bits per heavy atom. The number of aliphatic hydroxyl groups is 1. The highest BCUT2D eigenvalue weighted by Crippen LogP contribution is 2.44. The van der Waals surface area contributed by atoms with Crippen LogP contribution in [0.3, 0.4) is 0 Å². The largest absolute Gasteiger partial charge is 0.458 e. The molecule has 0 saturated heterocycles. The Balaban J connectivity index is 2.44. The van der Waals surface area contributed by atoms with E-state index in [1.807, 2.05) is 0 Å². The molecule has 0 unspecified atom stereocenters. The van der Waals surface area contributed by atoms with Crippen molar-refractivity contribution in [3.63, 3.8) is 0 Å². The number of hydrogen-bond donors (Lipinski definition) is 1. The van der Waals surface area contributed by atoms with Gasteiger partial charge in [-0.05, 0) is 37.0 Å². The van der Waals surface area contributed by atoms with Crippen LogP contribution in [0, 0.1) is 5.41 Å². The molecule has 0 aliphatic heterocycles. The quantitative estimate of drug-likeness (QED) is 0.411. The van der Waals surface area contributed by atoms with Gasteiger partial charge in [0.05, 0.1) is 12.2 Å². The zero-order valence-corrected chi connectivity index (χ0v) is 16.8. The Labute approximate surface area is 173 Å². The SMILES string of the molecule is CC1(C)C=C(N(C[C@@](C)(O)C(F)(F)F)Oc2cccc(C(F)(F)C(F)(F)F)c2)C=CC1. The van der Waals surface area contributed by atoms with Crippen LogP contribution in [0.25, 0.3) is 0 Å². The minimum Gasteiger partial charge on any atom is -0.379 e. The van der Waals surface area contributed by atoms with Gasteiger partial charge in [0.2, 0.25) is 0 Å². The molecule has 1 N–H and O–H groups in total. The predicted octanol–water partition coefficient (Wildman–Crippen LogP) is 6.12. The first kappa shape index (κ1) is 25.0. The first-order valence-electron chi connectivity index (χ1n) is 9.05. The third kappa shape index (κ3) is 5.69. The summed E-state index contributed by atoms with van der Waals surface area (Å²) in [7, 11) is 0. The van der Waals surface area contributed by atoms with Gasteiger partial charge in [0.1, 0.15) is 0 Å². The topological polar surface area (TPSA) is 32.7 Å². The van der Waals surface area contributed by atoms with Gasteiger partial charge in [-0.3, -0.25) is 0 Å². The lowest BCUT2D eigenvalue weighted by atomic mass is 9.85. The lowest BCUT2D eigenvalue weighted by Gasteiger charge is -2.36. The maximum atomic E-state index is 13.7. The van der Waals surface area contributed by atoms with Crippen molar-refractivity contribution in [3.8, 4) is 5.75 Å². The van der Waals surface area contributed by atoms with Crippen molar-refractivity contribution in [2.45, 2.75) is 51.1 Å². The maximum absolute atomic E-state index is 13.7. The Hall–Kier alpha value is -2.30. The molecule has 0 spiro atoms. The summed E-state index contributed by atoms with van der Waals surface area (Å²) in [6.45, 7) is 2.89. The number of benzene rings is 1. The summed E-state index contributed by atoms with van der Waals surface area (Å²) in [5.74, 6) is -5.75. The third-order valence-corrected chi connectivity index (χ3v) is 4.59. The maximum Gasteiger partial charge on any atom is 0.458 e. The minimum atomic E-state index is -5.87. The van der Waals surface area contributed by atoms with Crippen molar-refractivity contribution in [2.75, 3.05) is 6.54 Å². The van der Waals surface area contributed by atoms with E-state index in [1.54, 1.807) is 26.0 Å². The zero-order chi connectivity index (χ0) is 23.9. The van der Waals surface area contributed by atoms with Crippen LogP contribution in [-0.2, 0) is 5.92 Å². The normalized spacial score (nSPS) is 18.9. The highest BCUT2D eigenvalue weighted by molar-refractivity contribution is 5.33. The van der Waals surface area contributed by atoms with Gasteiger partial charge < -0.3 is 9.94 Å². The average Bonchev–Trinajstić information content (AvgIpc) is 2.58. The zero-order valence-electron chi connectivity index (χ0n) is 16.8. The summed E-state index contributed by atoms with van der Waals surface area (Å²) in [6, 6.07) is 2.80. The number of allylic oxidation sites excluding steroid dienone is 3. The van der Waals surface area contributed by atoms with Crippen molar-refractivity contribution in [1.82, 2.24) is 5.06 Å². The molecule has 3 nitrogen and oxygen atoms in total. The molecule has 0 aromatic heterocycles. The standard InChI is InChI=1S/C20H21F8NO2/c1-16(2)9-5-7-14(11-16)29(12-17(3,30)19(23,24)25)31-15-8-4-6-13(10-15)18(21,22)20(26,27)28/h4-8,10-11,30H,9,12H2,1-3H3/t17-/m1/s1. The summed E-state index contributed by atoms with van der Waals surface area (Å²) in [4.78, 5) is 5.28. The number of rotatable bonds is 6. The molecule has 0 fully saturated rings. The average molecular weight is 459 g/mol. The van der Waals surface area contributed by atoms with Crippen LogP contribution in [0.4, 0.5) is 35.1 Å². The Morgan fingerprint density at radius 1 is 1.03 bits per heavy atom. The molecule has 0 heterocycles. The van der Waals surface area contributed by atoms with Crippen LogP contribution < -0.4 is 4.84 Å². The van der Waals surface area contributed by atoms with E-state index in [0.717, 1.165) is 12.1 Å². The third-order valence-electron chi connectivity index (χ3n) is 4.59. The van der Waals surface area contributed by atoms with E-state index in [9.17, 15) is 40.2 Å². The number of alkyl halides is 8. The van der Waals surface area contributed by atoms with Gasteiger partial charge in [-0.25, -0.2) is 5.06 Å². The lowest BCUT2D eigenvalue weighted by molar-refractivity contribution is -0.289. The molecule has 31 heavy (non-hydrogen) atoms. The second-order valence-corrected chi connectivity index (χ2v) is 8.16. The Bertz CT molecular complexity index is 853. The van der Waals surface area contributed by atoms with E-state index in [1.165, 1.54) is 6.08 Å². The van der Waals surface area contributed by atoms with Crippen LogP contribution >= 0.6 is 0 Å².